The molecule has 104 valence electrons. The van der Waals surface area contributed by atoms with Gasteiger partial charge in [0.1, 0.15) is 5.75 Å². The van der Waals surface area contributed by atoms with Crippen LogP contribution in [0.3, 0.4) is 0 Å². The van der Waals surface area contributed by atoms with Gasteiger partial charge < -0.3 is 14.8 Å². The second kappa shape index (κ2) is 8.72. The van der Waals surface area contributed by atoms with E-state index in [4.69, 9.17) is 9.47 Å². The first-order chi connectivity index (χ1) is 9.17. The number of carbonyl (C=O) groups excluding carboxylic acids is 1. The average Bonchev–Trinajstić information content (AvgIpc) is 2.39. The SMILES string of the molecule is CCOc1ccc(Br)cc1C=CC(=O)NCCOC. The number of rotatable bonds is 7. The summed E-state index contributed by atoms with van der Waals surface area (Å²) in [6.07, 6.45) is 3.22. The second-order valence-electron chi connectivity index (χ2n) is 3.73. The Labute approximate surface area is 121 Å². The van der Waals surface area contributed by atoms with Crippen molar-refractivity contribution in [1.82, 2.24) is 5.32 Å². The molecule has 1 amide bonds. The summed E-state index contributed by atoms with van der Waals surface area (Å²) in [5.41, 5.74) is 0.859. The van der Waals surface area contributed by atoms with Crippen molar-refractivity contribution < 1.29 is 14.3 Å². The van der Waals surface area contributed by atoms with E-state index < -0.39 is 0 Å². The highest BCUT2D eigenvalue weighted by molar-refractivity contribution is 9.10. The maximum absolute atomic E-state index is 11.5. The molecule has 0 aliphatic carbocycles. The fourth-order valence-electron chi connectivity index (χ4n) is 1.44. The van der Waals surface area contributed by atoms with E-state index in [-0.39, 0.29) is 5.91 Å². The van der Waals surface area contributed by atoms with Gasteiger partial charge in [-0.3, -0.25) is 4.79 Å². The molecule has 0 radical (unpaired) electrons. The molecule has 0 aliphatic heterocycles. The minimum absolute atomic E-state index is 0.153. The average molecular weight is 328 g/mol. The van der Waals surface area contributed by atoms with Gasteiger partial charge in [-0.2, -0.15) is 0 Å². The smallest absolute Gasteiger partial charge is 0.244 e. The Morgan fingerprint density at radius 1 is 1.47 bits per heavy atom. The topological polar surface area (TPSA) is 47.6 Å². The third-order valence-corrected chi connectivity index (χ3v) is 2.78. The second-order valence-corrected chi connectivity index (χ2v) is 4.65. The molecule has 1 N–H and O–H groups in total. The van der Waals surface area contributed by atoms with Crippen LogP contribution in [0.1, 0.15) is 12.5 Å². The Morgan fingerprint density at radius 2 is 2.26 bits per heavy atom. The maximum Gasteiger partial charge on any atom is 0.244 e. The minimum atomic E-state index is -0.153. The van der Waals surface area contributed by atoms with Gasteiger partial charge in [0.25, 0.3) is 0 Å². The summed E-state index contributed by atoms with van der Waals surface area (Å²) >= 11 is 3.40. The number of amides is 1. The highest BCUT2D eigenvalue weighted by Crippen LogP contribution is 2.24. The number of ether oxygens (including phenoxy) is 2. The standard InChI is InChI=1S/C14H18BrNO3/c1-3-19-13-6-5-12(15)10-11(13)4-7-14(17)16-8-9-18-2/h4-7,10H,3,8-9H2,1-2H3,(H,16,17). The first-order valence-electron chi connectivity index (χ1n) is 6.04. The van der Waals surface area contributed by atoms with Crippen LogP contribution in [-0.2, 0) is 9.53 Å². The van der Waals surface area contributed by atoms with E-state index in [1.807, 2.05) is 25.1 Å². The van der Waals surface area contributed by atoms with E-state index >= 15 is 0 Å². The molecule has 5 heteroatoms. The van der Waals surface area contributed by atoms with Gasteiger partial charge in [0, 0.05) is 29.8 Å². The molecule has 0 spiro atoms. The molecule has 1 rings (SSSR count). The Bertz CT molecular complexity index is 446. The third-order valence-electron chi connectivity index (χ3n) is 2.29. The lowest BCUT2D eigenvalue weighted by Gasteiger charge is -2.07. The maximum atomic E-state index is 11.5. The largest absolute Gasteiger partial charge is 0.493 e. The Kier molecular flexibility index (Phi) is 7.22. The van der Waals surface area contributed by atoms with Gasteiger partial charge in [-0.15, -0.1) is 0 Å². The van der Waals surface area contributed by atoms with E-state index in [9.17, 15) is 4.79 Å². The van der Waals surface area contributed by atoms with Crippen LogP contribution in [0.4, 0.5) is 0 Å². The van der Waals surface area contributed by atoms with Crippen LogP contribution < -0.4 is 10.1 Å². The molecule has 1 aromatic rings. The fourth-order valence-corrected chi connectivity index (χ4v) is 1.82. The van der Waals surface area contributed by atoms with E-state index in [1.54, 1.807) is 13.2 Å². The van der Waals surface area contributed by atoms with Crippen molar-refractivity contribution in [3.63, 3.8) is 0 Å². The highest BCUT2D eigenvalue weighted by atomic mass is 79.9. The normalized spacial score (nSPS) is 10.7. The van der Waals surface area contributed by atoms with Crippen molar-refractivity contribution in [2.45, 2.75) is 6.92 Å². The summed E-state index contributed by atoms with van der Waals surface area (Å²) in [5, 5.41) is 2.72. The van der Waals surface area contributed by atoms with Gasteiger partial charge in [0.15, 0.2) is 0 Å². The van der Waals surface area contributed by atoms with Crippen LogP contribution in [0, 0.1) is 0 Å². The number of methoxy groups -OCH3 is 1. The Hall–Kier alpha value is -1.33. The summed E-state index contributed by atoms with van der Waals surface area (Å²) < 4.78 is 11.3. The zero-order valence-corrected chi connectivity index (χ0v) is 12.7. The molecule has 0 atom stereocenters. The lowest BCUT2D eigenvalue weighted by molar-refractivity contribution is -0.116. The number of halogens is 1. The van der Waals surface area contributed by atoms with Crippen LogP contribution in [-0.4, -0.2) is 32.8 Å². The third kappa shape index (κ3) is 5.89. The van der Waals surface area contributed by atoms with Gasteiger partial charge >= 0.3 is 0 Å². The van der Waals surface area contributed by atoms with Gasteiger partial charge in [-0.1, -0.05) is 15.9 Å². The molecular formula is C14H18BrNO3. The predicted octanol–water partition coefficient (Wildman–Crippen LogP) is 2.62. The van der Waals surface area contributed by atoms with Crippen LogP contribution in [0.25, 0.3) is 6.08 Å². The molecule has 0 saturated carbocycles. The van der Waals surface area contributed by atoms with Crippen LogP contribution in [0.15, 0.2) is 28.7 Å². The van der Waals surface area contributed by atoms with E-state index in [1.165, 1.54) is 6.08 Å². The first kappa shape index (κ1) is 15.7. The molecule has 0 bridgehead atoms. The summed E-state index contributed by atoms with van der Waals surface area (Å²) in [6, 6.07) is 5.68. The van der Waals surface area contributed by atoms with Gasteiger partial charge in [0.05, 0.1) is 13.2 Å². The molecular weight excluding hydrogens is 310 g/mol. The van der Waals surface area contributed by atoms with Crippen molar-refractivity contribution in [3.05, 3.63) is 34.3 Å². The lowest BCUT2D eigenvalue weighted by Crippen LogP contribution is -2.24. The van der Waals surface area contributed by atoms with Gasteiger partial charge in [-0.05, 0) is 31.2 Å². The number of carbonyl (C=O) groups is 1. The lowest BCUT2D eigenvalue weighted by atomic mass is 10.2. The quantitative estimate of drug-likeness (QED) is 0.618. The van der Waals surface area contributed by atoms with Crippen molar-refractivity contribution in [3.8, 4) is 5.75 Å². The van der Waals surface area contributed by atoms with Gasteiger partial charge in [-0.25, -0.2) is 0 Å². The van der Waals surface area contributed by atoms with Crippen molar-refractivity contribution in [2.75, 3.05) is 26.9 Å². The number of hydrogen-bond acceptors (Lipinski definition) is 3. The zero-order valence-electron chi connectivity index (χ0n) is 11.1. The predicted molar refractivity (Wildman–Crippen MR) is 79.2 cm³/mol. The molecule has 0 fully saturated rings. The zero-order chi connectivity index (χ0) is 14.1. The van der Waals surface area contributed by atoms with Crippen LogP contribution >= 0.6 is 15.9 Å². The Morgan fingerprint density at radius 3 is 2.95 bits per heavy atom. The number of benzene rings is 1. The number of nitrogens with one attached hydrogen (secondary N) is 1. The molecule has 4 nitrogen and oxygen atoms in total. The molecule has 1 aromatic carbocycles. The van der Waals surface area contributed by atoms with Crippen molar-refractivity contribution in [2.24, 2.45) is 0 Å². The molecule has 19 heavy (non-hydrogen) atoms. The summed E-state index contributed by atoms with van der Waals surface area (Å²) in [6.45, 7) is 3.51. The van der Waals surface area contributed by atoms with Crippen LogP contribution in [0.2, 0.25) is 0 Å². The van der Waals surface area contributed by atoms with Crippen LogP contribution in [0.5, 0.6) is 5.75 Å². The van der Waals surface area contributed by atoms with E-state index in [2.05, 4.69) is 21.2 Å². The fraction of sp³-hybridized carbons (Fsp3) is 0.357. The number of hydrogen-bond donors (Lipinski definition) is 1. The molecule has 0 unspecified atom stereocenters. The summed E-state index contributed by atoms with van der Waals surface area (Å²) in [7, 11) is 1.60. The van der Waals surface area contributed by atoms with Crippen molar-refractivity contribution >= 4 is 27.9 Å². The molecule has 0 aliphatic rings. The molecule has 0 saturated heterocycles. The molecule has 0 aromatic heterocycles. The van der Waals surface area contributed by atoms with Crippen molar-refractivity contribution in [1.29, 1.82) is 0 Å². The monoisotopic (exact) mass is 327 g/mol. The summed E-state index contributed by atoms with van der Waals surface area (Å²) in [5.74, 6) is 0.603. The Balaban J connectivity index is 2.68. The van der Waals surface area contributed by atoms with E-state index in [0.29, 0.717) is 19.8 Å². The first-order valence-corrected chi connectivity index (χ1v) is 6.84. The van der Waals surface area contributed by atoms with Gasteiger partial charge in [0.2, 0.25) is 5.91 Å². The van der Waals surface area contributed by atoms with E-state index in [0.717, 1.165) is 15.8 Å². The summed E-state index contributed by atoms with van der Waals surface area (Å²) in [4.78, 5) is 11.5. The highest BCUT2D eigenvalue weighted by Gasteiger charge is 2.02. The molecule has 0 heterocycles. The minimum Gasteiger partial charge on any atom is -0.493 e.